The maximum absolute atomic E-state index is 11.3. The minimum absolute atomic E-state index is 0.0950. The van der Waals surface area contributed by atoms with Crippen LogP contribution in [-0.4, -0.2) is 10.7 Å². The molecular formula is C14H20IO+. The Morgan fingerprint density at radius 3 is 2.38 bits per heavy atom. The van der Waals surface area contributed by atoms with Crippen LogP contribution in [0.4, 0.5) is 0 Å². The van der Waals surface area contributed by atoms with E-state index in [0.717, 1.165) is 6.42 Å². The van der Waals surface area contributed by atoms with Crippen molar-refractivity contribution >= 4 is 5.78 Å². The third-order valence-electron chi connectivity index (χ3n) is 3.09. The first kappa shape index (κ1) is 13.7. The molecule has 1 aromatic rings. The Kier molecular flexibility index (Phi) is 4.96. The first-order valence-electron chi connectivity index (χ1n) is 5.55. The monoisotopic (exact) mass is 331 g/mol. The van der Waals surface area contributed by atoms with Crippen molar-refractivity contribution in [3.63, 3.8) is 0 Å². The van der Waals surface area contributed by atoms with Crippen molar-refractivity contribution in [2.24, 2.45) is 5.92 Å². The summed E-state index contributed by atoms with van der Waals surface area (Å²) in [4.78, 5) is 13.6. The SMILES string of the molecule is C[I+]c1cc(C)c(C)cc1CC(C)C(C)=O. The van der Waals surface area contributed by atoms with Gasteiger partial charge in [0.15, 0.2) is 3.57 Å². The van der Waals surface area contributed by atoms with Crippen molar-refractivity contribution < 1.29 is 26.0 Å². The highest BCUT2D eigenvalue weighted by Gasteiger charge is 2.18. The molecule has 0 spiro atoms. The maximum atomic E-state index is 11.3. The molecule has 1 nitrogen and oxygen atoms in total. The van der Waals surface area contributed by atoms with Gasteiger partial charge >= 0.3 is 21.2 Å². The number of hydrogen-bond acceptors (Lipinski definition) is 1. The molecule has 1 atom stereocenters. The van der Waals surface area contributed by atoms with Crippen LogP contribution in [0.25, 0.3) is 0 Å². The van der Waals surface area contributed by atoms with Crippen molar-refractivity contribution in [1.29, 1.82) is 0 Å². The third-order valence-corrected chi connectivity index (χ3v) is 5.25. The highest BCUT2D eigenvalue weighted by atomic mass is 127. The van der Waals surface area contributed by atoms with Crippen LogP contribution in [0.15, 0.2) is 12.1 Å². The van der Waals surface area contributed by atoms with Gasteiger partial charge in [0, 0.05) is 11.5 Å². The molecule has 2 heteroatoms. The largest absolute Gasteiger partial charge is 0.309 e. The molecule has 0 aliphatic carbocycles. The Morgan fingerprint density at radius 2 is 1.88 bits per heavy atom. The van der Waals surface area contributed by atoms with E-state index in [-0.39, 0.29) is 27.1 Å². The van der Waals surface area contributed by atoms with Crippen molar-refractivity contribution in [2.75, 3.05) is 4.93 Å². The first-order valence-corrected chi connectivity index (χ1v) is 8.79. The van der Waals surface area contributed by atoms with Gasteiger partial charge in [-0.25, -0.2) is 0 Å². The average molecular weight is 331 g/mol. The zero-order chi connectivity index (χ0) is 12.3. The number of carbonyl (C=O) groups excluding carboxylic acids is 1. The Labute approximate surface area is 109 Å². The molecule has 0 N–H and O–H groups in total. The number of Topliss-reactive ketones (excluding diaryl/α,β-unsaturated/α-hetero) is 1. The molecule has 0 fully saturated rings. The second-order valence-electron chi connectivity index (χ2n) is 4.43. The van der Waals surface area contributed by atoms with Crippen LogP contribution in [0.5, 0.6) is 0 Å². The van der Waals surface area contributed by atoms with E-state index in [9.17, 15) is 4.79 Å². The summed E-state index contributed by atoms with van der Waals surface area (Å²) >= 11 is 0.0950. The molecular weight excluding hydrogens is 311 g/mol. The molecule has 0 radical (unpaired) electrons. The molecule has 0 aliphatic heterocycles. The van der Waals surface area contributed by atoms with Crippen LogP contribution >= 0.6 is 0 Å². The van der Waals surface area contributed by atoms with Crippen LogP contribution in [0.1, 0.15) is 30.5 Å². The minimum Gasteiger partial charge on any atom is -0.300 e. The molecule has 88 valence electrons. The fourth-order valence-electron chi connectivity index (χ4n) is 1.65. The Balaban J connectivity index is 3.03. The van der Waals surface area contributed by atoms with Crippen molar-refractivity contribution in [1.82, 2.24) is 0 Å². The first-order chi connectivity index (χ1) is 7.45. The molecule has 1 unspecified atom stereocenters. The second-order valence-corrected chi connectivity index (χ2v) is 6.67. The molecule has 0 heterocycles. The molecule has 0 saturated carbocycles. The van der Waals surface area contributed by atoms with Gasteiger partial charge in [0.2, 0.25) is 0 Å². The molecule has 0 aromatic heterocycles. The summed E-state index contributed by atoms with van der Waals surface area (Å²) in [5, 5.41) is 0. The average Bonchev–Trinajstić information content (AvgIpc) is 2.22. The van der Waals surface area contributed by atoms with Gasteiger partial charge in [-0.1, -0.05) is 13.0 Å². The molecule has 16 heavy (non-hydrogen) atoms. The van der Waals surface area contributed by atoms with Gasteiger partial charge in [0.1, 0.15) is 10.7 Å². The predicted molar refractivity (Wildman–Crippen MR) is 64.1 cm³/mol. The summed E-state index contributed by atoms with van der Waals surface area (Å²) in [5.41, 5.74) is 4.10. The lowest BCUT2D eigenvalue weighted by Gasteiger charge is -2.09. The number of carbonyl (C=O) groups is 1. The Bertz CT molecular complexity index is 396. The molecule has 0 amide bonds. The van der Waals surface area contributed by atoms with E-state index in [1.54, 1.807) is 6.92 Å². The fourth-order valence-corrected chi connectivity index (χ4v) is 3.49. The Morgan fingerprint density at radius 1 is 1.31 bits per heavy atom. The summed E-state index contributed by atoms with van der Waals surface area (Å²) in [6.07, 6.45) is 0.902. The summed E-state index contributed by atoms with van der Waals surface area (Å²) in [6.45, 7) is 8.02. The highest BCUT2D eigenvalue weighted by molar-refractivity contribution is 5.78. The molecule has 1 aromatic carbocycles. The van der Waals surface area contributed by atoms with Crippen molar-refractivity contribution in [3.8, 4) is 0 Å². The van der Waals surface area contributed by atoms with Crippen LogP contribution in [0.2, 0.25) is 0 Å². The number of aryl methyl sites for hydroxylation is 2. The van der Waals surface area contributed by atoms with E-state index in [0.29, 0.717) is 5.78 Å². The standard InChI is InChI=1S/C14H20IO/c1-9-6-13(7-11(3)12(4)16)14(15-5)8-10(9)2/h6,8,11H,7H2,1-5H3/q+1. The van der Waals surface area contributed by atoms with Crippen LogP contribution in [-0.2, 0) is 11.2 Å². The highest BCUT2D eigenvalue weighted by Crippen LogP contribution is 2.14. The number of hydrogen-bond donors (Lipinski definition) is 0. The lowest BCUT2D eigenvalue weighted by atomic mass is 9.95. The number of benzene rings is 1. The minimum atomic E-state index is 0.0950. The molecule has 0 bridgehead atoms. The van der Waals surface area contributed by atoms with Gasteiger partial charge in [0.25, 0.3) is 0 Å². The summed E-state index contributed by atoms with van der Waals surface area (Å²) < 4.78 is 1.50. The normalized spacial score (nSPS) is 12.6. The Hall–Kier alpha value is -0.380. The van der Waals surface area contributed by atoms with Crippen LogP contribution < -0.4 is 21.2 Å². The summed E-state index contributed by atoms with van der Waals surface area (Å²) in [5.74, 6) is 0.440. The van der Waals surface area contributed by atoms with Gasteiger partial charge < -0.3 is 0 Å². The quantitative estimate of drug-likeness (QED) is 0.559. The second kappa shape index (κ2) is 5.80. The van der Waals surface area contributed by atoms with E-state index in [1.165, 1.54) is 20.3 Å². The number of halogens is 1. The maximum Gasteiger partial charge on any atom is 0.309 e. The number of rotatable bonds is 4. The van der Waals surface area contributed by atoms with E-state index in [2.05, 4.69) is 30.9 Å². The van der Waals surface area contributed by atoms with E-state index >= 15 is 0 Å². The van der Waals surface area contributed by atoms with Gasteiger partial charge in [0.05, 0.1) is 0 Å². The molecule has 0 saturated heterocycles. The van der Waals surface area contributed by atoms with E-state index < -0.39 is 0 Å². The van der Waals surface area contributed by atoms with Gasteiger partial charge in [-0.05, 0) is 44.4 Å². The number of ketones is 1. The van der Waals surface area contributed by atoms with E-state index in [1.807, 2.05) is 6.92 Å². The smallest absolute Gasteiger partial charge is 0.300 e. The summed E-state index contributed by atoms with van der Waals surface area (Å²) in [7, 11) is 0. The lowest BCUT2D eigenvalue weighted by molar-refractivity contribution is -0.598. The lowest BCUT2D eigenvalue weighted by Crippen LogP contribution is -3.60. The number of alkyl halides is 1. The van der Waals surface area contributed by atoms with E-state index in [4.69, 9.17) is 0 Å². The van der Waals surface area contributed by atoms with Crippen LogP contribution in [0.3, 0.4) is 0 Å². The van der Waals surface area contributed by atoms with Gasteiger partial charge in [-0.3, -0.25) is 4.79 Å². The van der Waals surface area contributed by atoms with Crippen molar-refractivity contribution in [3.05, 3.63) is 32.4 Å². The topological polar surface area (TPSA) is 17.1 Å². The zero-order valence-electron chi connectivity index (χ0n) is 10.7. The van der Waals surface area contributed by atoms with Crippen molar-refractivity contribution in [2.45, 2.75) is 34.1 Å². The zero-order valence-corrected chi connectivity index (χ0v) is 12.9. The fraction of sp³-hybridized carbons (Fsp3) is 0.500. The molecule has 0 aliphatic rings. The summed E-state index contributed by atoms with van der Waals surface area (Å²) in [6, 6.07) is 4.58. The van der Waals surface area contributed by atoms with Crippen LogP contribution in [0, 0.1) is 23.3 Å². The van der Waals surface area contributed by atoms with Gasteiger partial charge in [-0.2, -0.15) is 0 Å². The molecule has 1 rings (SSSR count). The third kappa shape index (κ3) is 3.30. The van der Waals surface area contributed by atoms with Gasteiger partial charge in [-0.15, -0.1) is 0 Å². The predicted octanol–water partition coefficient (Wildman–Crippen LogP) is -0.0406.